The normalized spacial score (nSPS) is 19.9. The number of rotatable bonds is 6. The van der Waals surface area contributed by atoms with Gasteiger partial charge in [0.1, 0.15) is 11.3 Å². The van der Waals surface area contributed by atoms with Crippen molar-refractivity contribution in [3.8, 4) is 5.75 Å². The lowest BCUT2D eigenvalue weighted by molar-refractivity contribution is 0.0597. The van der Waals surface area contributed by atoms with Crippen LogP contribution in [0.3, 0.4) is 0 Å². The molecule has 1 aromatic carbocycles. The molecule has 6 nitrogen and oxygen atoms in total. The number of carbonyl (C=O) groups is 1. The van der Waals surface area contributed by atoms with Gasteiger partial charge in [0.2, 0.25) is 0 Å². The van der Waals surface area contributed by atoms with Crippen LogP contribution in [0.4, 0.5) is 0 Å². The van der Waals surface area contributed by atoms with Gasteiger partial charge in [-0.25, -0.2) is 9.79 Å². The predicted molar refractivity (Wildman–Crippen MR) is 89.9 cm³/mol. The molecule has 126 valence electrons. The highest BCUT2D eigenvalue weighted by atomic mass is 16.5. The molecule has 0 spiro atoms. The molecular formula is C17H25N3O3. The number of esters is 1. The number of hydrogen-bond donors (Lipinski definition) is 2. The molecule has 0 heterocycles. The van der Waals surface area contributed by atoms with E-state index in [0.717, 1.165) is 18.1 Å². The maximum Gasteiger partial charge on any atom is 0.341 e. The smallest absolute Gasteiger partial charge is 0.341 e. The summed E-state index contributed by atoms with van der Waals surface area (Å²) in [6.07, 6.45) is 1.18. The summed E-state index contributed by atoms with van der Waals surface area (Å²) in [6.45, 7) is 5.54. The van der Waals surface area contributed by atoms with E-state index >= 15 is 0 Å². The van der Waals surface area contributed by atoms with Gasteiger partial charge in [0.25, 0.3) is 0 Å². The third-order valence-electron chi connectivity index (χ3n) is 3.86. The Labute approximate surface area is 137 Å². The molecule has 2 unspecified atom stereocenters. The summed E-state index contributed by atoms with van der Waals surface area (Å²) in [6, 6.07) is 5.94. The van der Waals surface area contributed by atoms with Crippen LogP contribution in [0.15, 0.2) is 23.2 Å². The van der Waals surface area contributed by atoms with Crippen molar-refractivity contribution in [1.29, 1.82) is 0 Å². The quantitative estimate of drug-likeness (QED) is 0.476. The average Bonchev–Trinajstić information content (AvgIpc) is 3.26. The van der Waals surface area contributed by atoms with Crippen LogP contribution < -0.4 is 15.4 Å². The van der Waals surface area contributed by atoms with Crippen LogP contribution in [0, 0.1) is 5.92 Å². The SMILES string of the molecule is CCNC(=NCc1ccc(OC)c(C(=O)OC)c1)NC1CC1C. The summed E-state index contributed by atoms with van der Waals surface area (Å²) < 4.78 is 9.99. The lowest BCUT2D eigenvalue weighted by Crippen LogP contribution is -2.39. The topological polar surface area (TPSA) is 72.0 Å². The van der Waals surface area contributed by atoms with Gasteiger partial charge in [-0.05, 0) is 37.0 Å². The molecule has 1 aliphatic carbocycles. The number of benzene rings is 1. The minimum absolute atomic E-state index is 0.412. The second-order valence-corrected chi connectivity index (χ2v) is 5.69. The Hall–Kier alpha value is -2.24. The Morgan fingerprint density at radius 3 is 2.70 bits per heavy atom. The van der Waals surface area contributed by atoms with Crippen molar-refractivity contribution in [1.82, 2.24) is 10.6 Å². The molecule has 2 N–H and O–H groups in total. The first-order valence-electron chi connectivity index (χ1n) is 7.89. The molecular weight excluding hydrogens is 294 g/mol. The van der Waals surface area contributed by atoms with Gasteiger partial charge in [-0.15, -0.1) is 0 Å². The van der Waals surface area contributed by atoms with E-state index < -0.39 is 5.97 Å². The van der Waals surface area contributed by atoms with Crippen LogP contribution in [0.5, 0.6) is 5.75 Å². The summed E-state index contributed by atoms with van der Waals surface area (Å²) >= 11 is 0. The molecule has 0 saturated heterocycles. The predicted octanol–water partition coefficient (Wildman–Crippen LogP) is 1.95. The summed E-state index contributed by atoms with van der Waals surface area (Å²) in [7, 11) is 2.89. The molecule has 1 fully saturated rings. The molecule has 6 heteroatoms. The zero-order chi connectivity index (χ0) is 16.8. The van der Waals surface area contributed by atoms with Crippen molar-refractivity contribution < 1.29 is 14.3 Å². The van der Waals surface area contributed by atoms with Gasteiger partial charge in [0.15, 0.2) is 5.96 Å². The van der Waals surface area contributed by atoms with Gasteiger partial charge in [-0.3, -0.25) is 0 Å². The van der Waals surface area contributed by atoms with Gasteiger partial charge in [-0.2, -0.15) is 0 Å². The number of ether oxygens (including phenoxy) is 2. The van der Waals surface area contributed by atoms with Crippen LogP contribution >= 0.6 is 0 Å². The third-order valence-corrected chi connectivity index (χ3v) is 3.86. The second kappa shape index (κ2) is 7.85. The molecule has 0 aliphatic heterocycles. The Balaban J connectivity index is 2.10. The molecule has 2 atom stereocenters. The zero-order valence-electron chi connectivity index (χ0n) is 14.2. The van der Waals surface area contributed by atoms with Crippen molar-refractivity contribution in [3.63, 3.8) is 0 Å². The van der Waals surface area contributed by atoms with Crippen LogP contribution in [-0.4, -0.2) is 38.7 Å². The number of nitrogens with one attached hydrogen (secondary N) is 2. The first-order chi connectivity index (χ1) is 11.1. The van der Waals surface area contributed by atoms with Gasteiger partial charge < -0.3 is 20.1 Å². The van der Waals surface area contributed by atoms with E-state index in [0.29, 0.717) is 29.8 Å². The number of carbonyl (C=O) groups excluding carboxylic acids is 1. The number of guanidine groups is 1. The molecule has 0 amide bonds. The highest BCUT2D eigenvalue weighted by molar-refractivity contribution is 5.92. The zero-order valence-corrected chi connectivity index (χ0v) is 14.2. The van der Waals surface area contributed by atoms with Crippen LogP contribution in [-0.2, 0) is 11.3 Å². The number of nitrogens with zero attached hydrogens (tertiary/aromatic N) is 1. The third kappa shape index (κ3) is 4.61. The van der Waals surface area contributed by atoms with E-state index in [4.69, 9.17) is 9.47 Å². The molecule has 1 saturated carbocycles. The molecule has 0 bridgehead atoms. The monoisotopic (exact) mass is 319 g/mol. The Kier molecular flexibility index (Phi) is 5.84. The maximum atomic E-state index is 11.8. The lowest BCUT2D eigenvalue weighted by Gasteiger charge is -2.11. The van der Waals surface area contributed by atoms with Crippen LogP contribution in [0.1, 0.15) is 36.2 Å². The van der Waals surface area contributed by atoms with Crippen LogP contribution in [0.25, 0.3) is 0 Å². The molecule has 1 aromatic rings. The Morgan fingerprint density at radius 2 is 2.13 bits per heavy atom. The fourth-order valence-electron chi connectivity index (χ4n) is 2.31. The maximum absolute atomic E-state index is 11.8. The molecule has 0 aromatic heterocycles. The van der Waals surface area contributed by atoms with E-state index in [9.17, 15) is 4.79 Å². The number of aliphatic imine (C=N–C) groups is 1. The van der Waals surface area contributed by atoms with Gasteiger partial charge in [0, 0.05) is 12.6 Å². The summed E-state index contributed by atoms with van der Waals surface area (Å²) in [5.74, 6) is 1.59. The van der Waals surface area contributed by atoms with Crippen LogP contribution in [0.2, 0.25) is 0 Å². The second-order valence-electron chi connectivity index (χ2n) is 5.69. The average molecular weight is 319 g/mol. The number of methoxy groups -OCH3 is 2. The fourth-order valence-corrected chi connectivity index (χ4v) is 2.31. The van der Waals surface area contributed by atoms with E-state index in [2.05, 4.69) is 22.5 Å². The van der Waals surface area contributed by atoms with E-state index in [1.54, 1.807) is 12.1 Å². The number of hydrogen-bond acceptors (Lipinski definition) is 4. The molecule has 23 heavy (non-hydrogen) atoms. The molecule has 1 aliphatic rings. The first kappa shape index (κ1) is 17.1. The highest BCUT2D eigenvalue weighted by Gasteiger charge is 2.33. The Bertz CT molecular complexity index is 586. The van der Waals surface area contributed by atoms with E-state index in [-0.39, 0.29) is 0 Å². The van der Waals surface area contributed by atoms with Crippen molar-refractivity contribution in [3.05, 3.63) is 29.3 Å². The largest absolute Gasteiger partial charge is 0.496 e. The van der Waals surface area contributed by atoms with Crippen molar-refractivity contribution in [2.45, 2.75) is 32.9 Å². The van der Waals surface area contributed by atoms with Gasteiger partial charge in [-0.1, -0.05) is 13.0 Å². The Morgan fingerprint density at radius 1 is 1.39 bits per heavy atom. The van der Waals surface area contributed by atoms with Gasteiger partial charge >= 0.3 is 5.97 Å². The van der Waals surface area contributed by atoms with E-state index in [1.807, 2.05) is 13.0 Å². The lowest BCUT2D eigenvalue weighted by atomic mass is 10.1. The van der Waals surface area contributed by atoms with Crippen molar-refractivity contribution in [2.24, 2.45) is 10.9 Å². The molecule has 2 rings (SSSR count). The highest BCUT2D eigenvalue weighted by Crippen LogP contribution is 2.28. The fraction of sp³-hybridized carbons (Fsp3) is 0.529. The minimum Gasteiger partial charge on any atom is -0.496 e. The van der Waals surface area contributed by atoms with Crippen molar-refractivity contribution >= 4 is 11.9 Å². The first-order valence-corrected chi connectivity index (χ1v) is 7.89. The van der Waals surface area contributed by atoms with Crippen molar-refractivity contribution in [2.75, 3.05) is 20.8 Å². The van der Waals surface area contributed by atoms with Gasteiger partial charge in [0.05, 0.1) is 20.8 Å². The van der Waals surface area contributed by atoms with E-state index in [1.165, 1.54) is 20.6 Å². The minimum atomic E-state index is -0.412. The standard InChI is InChI=1S/C17H25N3O3/c1-5-18-17(20-14-8-11(14)2)19-10-12-6-7-15(22-3)13(9-12)16(21)23-4/h6-7,9,11,14H,5,8,10H2,1-4H3,(H2,18,19,20). The summed E-state index contributed by atoms with van der Waals surface area (Å²) in [5.41, 5.74) is 1.34. The summed E-state index contributed by atoms with van der Waals surface area (Å²) in [4.78, 5) is 16.4. The summed E-state index contributed by atoms with van der Waals surface area (Å²) in [5, 5.41) is 6.64. The molecule has 0 radical (unpaired) electrons.